The van der Waals surface area contributed by atoms with Gasteiger partial charge in [-0.3, -0.25) is 0 Å². The van der Waals surface area contributed by atoms with Crippen LogP contribution in [0.3, 0.4) is 0 Å². The van der Waals surface area contributed by atoms with E-state index in [1.54, 1.807) is 6.20 Å². The molecule has 0 bridgehead atoms. The third kappa shape index (κ3) is 4.01. The number of rotatable bonds is 4. The van der Waals surface area contributed by atoms with Gasteiger partial charge in [0.05, 0.1) is 17.0 Å². The number of ether oxygens (including phenoxy) is 1. The van der Waals surface area contributed by atoms with Crippen LogP contribution in [0.2, 0.25) is 0 Å². The van der Waals surface area contributed by atoms with Gasteiger partial charge in [-0.1, -0.05) is 6.07 Å². The van der Waals surface area contributed by atoms with Crippen LogP contribution in [0.1, 0.15) is 19.8 Å². The van der Waals surface area contributed by atoms with Crippen LogP contribution in [0.4, 0.5) is 22.9 Å². The molecule has 0 unspecified atom stereocenters. The van der Waals surface area contributed by atoms with E-state index in [0.717, 1.165) is 65.6 Å². The number of fused-ring (bicyclic) bond motifs is 2. The standard InChI is InChI=1S/C26H28N6O2/c1-26(33)9-2-12-32(17-26)20-6-4-19(5-7-20)29-24-25-28-10-13-31(25)16-22(30-24)18-3-8-21-23(15-18)34-14-11-27-21/h3-8,10,13,15-16,27,33H,2,9,11-12,14,17H2,1H3,(H,29,30)/t26-/m0/s1. The number of nitrogens with one attached hydrogen (secondary N) is 2. The molecule has 6 rings (SSSR count). The average Bonchev–Trinajstić information content (AvgIpc) is 3.33. The summed E-state index contributed by atoms with van der Waals surface area (Å²) < 4.78 is 7.79. The van der Waals surface area contributed by atoms with Crippen molar-refractivity contribution < 1.29 is 9.84 Å². The summed E-state index contributed by atoms with van der Waals surface area (Å²) in [6.45, 7) is 4.99. The first-order chi connectivity index (χ1) is 16.5. The number of nitrogens with zero attached hydrogens (tertiary/aromatic N) is 4. The molecule has 3 N–H and O–H groups in total. The summed E-state index contributed by atoms with van der Waals surface area (Å²) in [5.41, 5.74) is 4.98. The molecule has 34 heavy (non-hydrogen) atoms. The summed E-state index contributed by atoms with van der Waals surface area (Å²) >= 11 is 0. The summed E-state index contributed by atoms with van der Waals surface area (Å²) in [4.78, 5) is 11.6. The highest BCUT2D eigenvalue weighted by Gasteiger charge is 2.28. The summed E-state index contributed by atoms with van der Waals surface area (Å²) in [5.74, 6) is 1.53. The third-order valence-electron chi connectivity index (χ3n) is 6.50. The van der Waals surface area contributed by atoms with E-state index in [4.69, 9.17) is 9.72 Å². The number of benzene rings is 2. The fraction of sp³-hybridized carbons (Fsp3) is 0.308. The third-order valence-corrected chi connectivity index (χ3v) is 6.50. The number of imidazole rings is 1. The largest absolute Gasteiger partial charge is 0.490 e. The lowest BCUT2D eigenvalue weighted by molar-refractivity contribution is 0.0449. The molecule has 8 nitrogen and oxygen atoms in total. The second-order valence-corrected chi connectivity index (χ2v) is 9.31. The summed E-state index contributed by atoms with van der Waals surface area (Å²) in [5, 5.41) is 17.2. The monoisotopic (exact) mass is 456 g/mol. The van der Waals surface area contributed by atoms with Crippen molar-refractivity contribution in [3.8, 4) is 17.0 Å². The minimum atomic E-state index is -0.635. The van der Waals surface area contributed by atoms with E-state index in [1.165, 1.54) is 0 Å². The molecule has 1 fully saturated rings. The maximum absolute atomic E-state index is 10.4. The lowest BCUT2D eigenvalue weighted by Crippen LogP contribution is -2.46. The van der Waals surface area contributed by atoms with E-state index in [-0.39, 0.29) is 0 Å². The Morgan fingerprint density at radius 1 is 1.18 bits per heavy atom. The Morgan fingerprint density at radius 2 is 2.06 bits per heavy atom. The molecule has 2 aliphatic heterocycles. The Balaban J connectivity index is 1.29. The smallest absolute Gasteiger partial charge is 0.180 e. The molecule has 8 heteroatoms. The molecule has 1 saturated heterocycles. The molecule has 4 heterocycles. The average molecular weight is 457 g/mol. The van der Waals surface area contributed by atoms with Crippen molar-refractivity contribution in [3.63, 3.8) is 0 Å². The normalized spacial score (nSPS) is 19.9. The molecule has 174 valence electrons. The van der Waals surface area contributed by atoms with Gasteiger partial charge in [0.1, 0.15) is 12.4 Å². The van der Waals surface area contributed by atoms with Gasteiger partial charge in [0.25, 0.3) is 0 Å². The van der Waals surface area contributed by atoms with E-state index >= 15 is 0 Å². The van der Waals surface area contributed by atoms with E-state index < -0.39 is 5.60 Å². The van der Waals surface area contributed by atoms with E-state index in [1.807, 2.05) is 48.0 Å². The zero-order chi connectivity index (χ0) is 23.1. The van der Waals surface area contributed by atoms with Crippen LogP contribution in [0.25, 0.3) is 16.9 Å². The molecule has 2 aromatic carbocycles. The molecule has 0 radical (unpaired) electrons. The zero-order valence-electron chi connectivity index (χ0n) is 19.2. The van der Waals surface area contributed by atoms with Gasteiger partial charge in [-0.25, -0.2) is 9.97 Å². The van der Waals surface area contributed by atoms with Crippen LogP contribution in [0.15, 0.2) is 61.1 Å². The van der Waals surface area contributed by atoms with Gasteiger partial charge in [0.15, 0.2) is 11.5 Å². The number of aliphatic hydroxyl groups is 1. The molecular formula is C26H28N6O2. The van der Waals surface area contributed by atoms with Gasteiger partial charge >= 0.3 is 0 Å². The molecule has 0 spiro atoms. The Kier molecular flexibility index (Phi) is 5.03. The van der Waals surface area contributed by atoms with Crippen molar-refractivity contribution >= 4 is 28.5 Å². The first-order valence-electron chi connectivity index (χ1n) is 11.7. The van der Waals surface area contributed by atoms with Crippen molar-refractivity contribution in [1.82, 2.24) is 14.4 Å². The van der Waals surface area contributed by atoms with Crippen LogP contribution in [0, 0.1) is 0 Å². The van der Waals surface area contributed by atoms with E-state index in [9.17, 15) is 5.11 Å². The van der Waals surface area contributed by atoms with Crippen LogP contribution < -0.4 is 20.3 Å². The van der Waals surface area contributed by atoms with E-state index in [2.05, 4.69) is 38.7 Å². The lowest BCUT2D eigenvalue weighted by Gasteiger charge is -2.38. The SMILES string of the molecule is C[C@]1(O)CCCN(c2ccc(Nc3nc(-c4ccc5c(c4)OCCN5)cn4ccnc34)cc2)C1. The topological polar surface area (TPSA) is 87.0 Å². The zero-order valence-corrected chi connectivity index (χ0v) is 19.2. The number of anilines is 4. The highest BCUT2D eigenvalue weighted by Crippen LogP contribution is 2.33. The van der Waals surface area contributed by atoms with Gasteiger partial charge in [0.2, 0.25) is 0 Å². The molecule has 4 aromatic rings. The number of aromatic nitrogens is 3. The maximum Gasteiger partial charge on any atom is 0.180 e. The molecule has 0 amide bonds. The van der Waals surface area contributed by atoms with Crippen molar-refractivity contribution in [3.05, 3.63) is 61.1 Å². The van der Waals surface area contributed by atoms with Crippen LogP contribution in [-0.2, 0) is 0 Å². The molecule has 2 aromatic heterocycles. The lowest BCUT2D eigenvalue weighted by atomic mass is 9.95. The highest BCUT2D eigenvalue weighted by molar-refractivity contribution is 5.76. The quantitative estimate of drug-likeness (QED) is 0.422. The fourth-order valence-electron chi connectivity index (χ4n) is 4.78. The van der Waals surface area contributed by atoms with Gasteiger partial charge in [-0.15, -0.1) is 0 Å². The van der Waals surface area contributed by atoms with Crippen molar-refractivity contribution in [2.75, 3.05) is 41.8 Å². The second kappa shape index (κ2) is 8.22. The van der Waals surface area contributed by atoms with Crippen LogP contribution in [0.5, 0.6) is 5.75 Å². The van der Waals surface area contributed by atoms with Gasteiger partial charge < -0.3 is 29.8 Å². The van der Waals surface area contributed by atoms with Crippen LogP contribution in [-0.4, -0.2) is 51.3 Å². The van der Waals surface area contributed by atoms with Gasteiger partial charge in [-0.2, -0.15) is 0 Å². The predicted molar refractivity (Wildman–Crippen MR) is 134 cm³/mol. The molecular weight excluding hydrogens is 428 g/mol. The summed E-state index contributed by atoms with van der Waals surface area (Å²) in [6.07, 6.45) is 7.52. The fourth-order valence-corrected chi connectivity index (χ4v) is 4.78. The molecule has 2 aliphatic rings. The first kappa shape index (κ1) is 20.8. The highest BCUT2D eigenvalue weighted by atomic mass is 16.5. The Morgan fingerprint density at radius 3 is 2.91 bits per heavy atom. The number of hydrogen-bond donors (Lipinski definition) is 3. The minimum Gasteiger partial charge on any atom is -0.490 e. The van der Waals surface area contributed by atoms with E-state index in [0.29, 0.717) is 19.0 Å². The number of β-amino-alcohol motifs (C(OH)–C–C–N with tert-alkyl or cyclic N) is 1. The molecule has 0 aliphatic carbocycles. The first-order valence-corrected chi connectivity index (χ1v) is 11.7. The summed E-state index contributed by atoms with van der Waals surface area (Å²) in [6, 6.07) is 14.4. The Bertz CT molecular complexity index is 1330. The molecule has 1 atom stereocenters. The predicted octanol–water partition coefficient (Wildman–Crippen LogP) is 4.30. The maximum atomic E-state index is 10.4. The Hall–Kier alpha value is -3.78. The van der Waals surface area contributed by atoms with Gasteiger partial charge in [0, 0.05) is 55.2 Å². The van der Waals surface area contributed by atoms with Crippen molar-refractivity contribution in [1.29, 1.82) is 0 Å². The Labute approximate surface area is 198 Å². The van der Waals surface area contributed by atoms with Gasteiger partial charge in [-0.05, 0) is 56.2 Å². The minimum absolute atomic E-state index is 0.635. The summed E-state index contributed by atoms with van der Waals surface area (Å²) in [7, 11) is 0. The second-order valence-electron chi connectivity index (χ2n) is 9.31. The van der Waals surface area contributed by atoms with Crippen LogP contribution >= 0.6 is 0 Å². The molecule has 0 saturated carbocycles. The number of hydrogen-bond acceptors (Lipinski definition) is 7. The van der Waals surface area contributed by atoms with Crippen molar-refractivity contribution in [2.45, 2.75) is 25.4 Å². The van der Waals surface area contributed by atoms with Crippen molar-refractivity contribution in [2.24, 2.45) is 0 Å². The number of piperidine rings is 1.